The Hall–Kier alpha value is -2.48. The lowest BCUT2D eigenvalue weighted by Crippen LogP contribution is -2.28. The summed E-state index contributed by atoms with van der Waals surface area (Å²) in [4.78, 5) is 4.60. The van der Waals surface area contributed by atoms with E-state index in [1.165, 1.54) is 27.1 Å². The van der Waals surface area contributed by atoms with Gasteiger partial charge in [-0.25, -0.2) is 4.98 Å². The lowest BCUT2D eigenvalue weighted by molar-refractivity contribution is -0.644. The van der Waals surface area contributed by atoms with Crippen LogP contribution in [-0.2, 0) is 7.05 Å². The predicted octanol–water partition coefficient (Wildman–Crippen LogP) is 3.37. The molecule has 19 heavy (non-hydrogen) atoms. The standard InChI is InChI=1S/C17H13N2/c1-19-11-5-9-15-13-7-3-2-6-12(13)14-8-4-10-18-16(14)17(15)19/h2-11H,1H3/q+1. The van der Waals surface area contributed by atoms with Crippen molar-refractivity contribution in [2.75, 3.05) is 0 Å². The van der Waals surface area contributed by atoms with Gasteiger partial charge in [0.1, 0.15) is 12.6 Å². The predicted molar refractivity (Wildman–Crippen MR) is 77.9 cm³/mol. The van der Waals surface area contributed by atoms with E-state index in [9.17, 15) is 0 Å². The molecule has 0 aliphatic heterocycles. The average molecular weight is 245 g/mol. The number of fused-ring (bicyclic) bond motifs is 6. The number of benzene rings is 2. The molecule has 0 saturated heterocycles. The molecular weight excluding hydrogens is 232 g/mol. The molecule has 90 valence electrons. The molecule has 0 bridgehead atoms. The Balaban J connectivity index is 2.48. The third-order valence-corrected chi connectivity index (χ3v) is 3.72. The molecular formula is C17H13N2+. The number of pyridine rings is 2. The van der Waals surface area contributed by atoms with E-state index >= 15 is 0 Å². The van der Waals surface area contributed by atoms with Gasteiger partial charge in [-0.15, -0.1) is 0 Å². The van der Waals surface area contributed by atoms with Crippen molar-refractivity contribution in [2.24, 2.45) is 7.05 Å². The van der Waals surface area contributed by atoms with Gasteiger partial charge in [0, 0.05) is 17.6 Å². The molecule has 2 heteroatoms. The van der Waals surface area contributed by atoms with Crippen LogP contribution in [0.5, 0.6) is 0 Å². The van der Waals surface area contributed by atoms with E-state index in [-0.39, 0.29) is 0 Å². The van der Waals surface area contributed by atoms with Crippen LogP contribution in [0.15, 0.2) is 60.9 Å². The summed E-state index contributed by atoms with van der Waals surface area (Å²) in [5.41, 5.74) is 2.26. The second kappa shape index (κ2) is 3.75. The van der Waals surface area contributed by atoms with E-state index < -0.39 is 0 Å². The fourth-order valence-corrected chi connectivity index (χ4v) is 2.89. The van der Waals surface area contributed by atoms with Crippen molar-refractivity contribution >= 4 is 32.6 Å². The quantitative estimate of drug-likeness (QED) is 0.343. The molecule has 0 aliphatic rings. The van der Waals surface area contributed by atoms with Crippen molar-refractivity contribution in [3.05, 3.63) is 60.9 Å². The summed E-state index contributed by atoms with van der Waals surface area (Å²) in [5.74, 6) is 0. The van der Waals surface area contributed by atoms with E-state index in [1.807, 2.05) is 12.3 Å². The highest BCUT2D eigenvalue weighted by atomic mass is 14.9. The minimum absolute atomic E-state index is 1.07. The molecule has 0 N–H and O–H groups in total. The first kappa shape index (κ1) is 10.4. The van der Waals surface area contributed by atoms with Gasteiger partial charge in [-0.2, -0.15) is 4.57 Å². The van der Waals surface area contributed by atoms with Crippen molar-refractivity contribution in [3.63, 3.8) is 0 Å². The average Bonchev–Trinajstić information content (AvgIpc) is 2.47. The molecule has 2 aromatic carbocycles. The molecule has 2 heterocycles. The minimum Gasteiger partial charge on any atom is -0.249 e. The maximum absolute atomic E-state index is 4.60. The van der Waals surface area contributed by atoms with Crippen molar-refractivity contribution in [1.82, 2.24) is 4.98 Å². The Morgan fingerprint density at radius 1 is 0.789 bits per heavy atom. The largest absolute Gasteiger partial charge is 0.249 e. The summed E-state index contributed by atoms with van der Waals surface area (Å²) in [6.07, 6.45) is 3.94. The second-order valence-electron chi connectivity index (χ2n) is 4.83. The van der Waals surface area contributed by atoms with Gasteiger partial charge >= 0.3 is 0 Å². The molecule has 2 nitrogen and oxygen atoms in total. The van der Waals surface area contributed by atoms with Gasteiger partial charge in [0.2, 0.25) is 5.52 Å². The molecule has 4 rings (SSSR count). The smallest absolute Gasteiger partial charge is 0.239 e. The van der Waals surface area contributed by atoms with E-state index in [4.69, 9.17) is 0 Å². The molecule has 0 atom stereocenters. The lowest BCUT2D eigenvalue weighted by Gasteiger charge is -2.06. The summed E-state index contributed by atoms with van der Waals surface area (Å²) < 4.78 is 2.15. The van der Waals surface area contributed by atoms with Crippen molar-refractivity contribution < 1.29 is 4.57 Å². The maximum atomic E-state index is 4.60. The van der Waals surface area contributed by atoms with Crippen LogP contribution in [0.2, 0.25) is 0 Å². The van der Waals surface area contributed by atoms with Crippen molar-refractivity contribution in [1.29, 1.82) is 0 Å². The Bertz CT molecular complexity index is 881. The van der Waals surface area contributed by atoms with Crippen LogP contribution in [0.1, 0.15) is 0 Å². The van der Waals surface area contributed by atoms with Crippen LogP contribution >= 0.6 is 0 Å². The number of nitrogens with zero attached hydrogens (tertiary/aromatic N) is 2. The Morgan fingerprint density at radius 2 is 1.47 bits per heavy atom. The maximum Gasteiger partial charge on any atom is 0.239 e. The molecule has 0 fully saturated rings. The zero-order valence-corrected chi connectivity index (χ0v) is 10.7. The number of aromatic nitrogens is 2. The zero-order valence-electron chi connectivity index (χ0n) is 10.7. The highest BCUT2D eigenvalue weighted by Crippen LogP contribution is 2.31. The van der Waals surface area contributed by atoms with E-state index in [1.54, 1.807) is 0 Å². The summed E-state index contributed by atoms with van der Waals surface area (Å²) in [6.45, 7) is 0. The highest BCUT2D eigenvalue weighted by molar-refractivity contribution is 6.21. The molecule has 0 amide bonds. The van der Waals surface area contributed by atoms with Crippen LogP contribution in [-0.4, -0.2) is 4.98 Å². The first-order valence-electron chi connectivity index (χ1n) is 6.40. The van der Waals surface area contributed by atoms with Crippen molar-refractivity contribution in [3.8, 4) is 0 Å². The Labute approximate surface area is 110 Å². The molecule has 2 aromatic heterocycles. The van der Waals surface area contributed by atoms with Crippen LogP contribution < -0.4 is 4.57 Å². The highest BCUT2D eigenvalue weighted by Gasteiger charge is 2.15. The molecule has 4 aromatic rings. The molecule has 0 aliphatic carbocycles. The number of hydrogen-bond donors (Lipinski definition) is 0. The van der Waals surface area contributed by atoms with Crippen LogP contribution in [0.4, 0.5) is 0 Å². The third kappa shape index (κ3) is 1.37. The van der Waals surface area contributed by atoms with Crippen LogP contribution in [0.3, 0.4) is 0 Å². The van der Waals surface area contributed by atoms with Gasteiger partial charge in [-0.05, 0) is 22.9 Å². The summed E-state index contributed by atoms with van der Waals surface area (Å²) in [7, 11) is 2.07. The van der Waals surface area contributed by atoms with Gasteiger partial charge < -0.3 is 0 Å². The Kier molecular flexibility index (Phi) is 2.06. The molecule has 0 radical (unpaired) electrons. The Morgan fingerprint density at radius 3 is 2.32 bits per heavy atom. The van der Waals surface area contributed by atoms with Crippen LogP contribution in [0, 0.1) is 0 Å². The number of aryl methyl sites for hydroxylation is 1. The van der Waals surface area contributed by atoms with Gasteiger partial charge in [0.15, 0.2) is 6.20 Å². The summed E-state index contributed by atoms with van der Waals surface area (Å²) in [6, 6.07) is 17.0. The van der Waals surface area contributed by atoms with Gasteiger partial charge in [-0.3, -0.25) is 0 Å². The normalized spacial score (nSPS) is 11.4. The first-order valence-corrected chi connectivity index (χ1v) is 6.40. The monoisotopic (exact) mass is 245 g/mol. The fraction of sp³-hybridized carbons (Fsp3) is 0.0588. The number of rotatable bonds is 0. The second-order valence-corrected chi connectivity index (χ2v) is 4.83. The molecule has 0 spiro atoms. The van der Waals surface area contributed by atoms with E-state index in [2.05, 4.69) is 65.3 Å². The summed E-state index contributed by atoms with van der Waals surface area (Å²) in [5, 5.41) is 5.03. The first-order chi connectivity index (χ1) is 9.36. The van der Waals surface area contributed by atoms with E-state index in [0.29, 0.717) is 0 Å². The van der Waals surface area contributed by atoms with Crippen molar-refractivity contribution in [2.45, 2.75) is 0 Å². The zero-order chi connectivity index (χ0) is 12.8. The fourth-order valence-electron chi connectivity index (χ4n) is 2.89. The minimum atomic E-state index is 1.07. The molecule has 0 saturated carbocycles. The van der Waals surface area contributed by atoms with Gasteiger partial charge in [0.05, 0.1) is 5.39 Å². The van der Waals surface area contributed by atoms with Gasteiger partial charge in [0.25, 0.3) is 0 Å². The molecule has 0 unspecified atom stereocenters. The number of hydrogen-bond acceptors (Lipinski definition) is 1. The van der Waals surface area contributed by atoms with Gasteiger partial charge in [-0.1, -0.05) is 30.3 Å². The van der Waals surface area contributed by atoms with E-state index in [0.717, 1.165) is 5.52 Å². The SMILES string of the molecule is C[n+]1cccc2c3ccccc3c3cccnc3c21. The van der Waals surface area contributed by atoms with Crippen LogP contribution in [0.25, 0.3) is 32.6 Å². The lowest BCUT2D eigenvalue weighted by atomic mass is 10.00. The third-order valence-electron chi connectivity index (χ3n) is 3.72. The summed E-state index contributed by atoms with van der Waals surface area (Å²) >= 11 is 0. The topological polar surface area (TPSA) is 16.8 Å².